The molecule has 0 spiro atoms. The molecule has 0 amide bonds. The molecule has 1 heterocycles. The number of rotatable bonds is 3. The lowest BCUT2D eigenvalue weighted by Gasteiger charge is -2.04. The molecular formula is C10H11FN2OS. The van der Waals surface area contributed by atoms with E-state index in [9.17, 15) is 4.39 Å². The van der Waals surface area contributed by atoms with Crippen molar-refractivity contribution < 1.29 is 9.50 Å². The predicted molar refractivity (Wildman–Crippen MR) is 59.5 cm³/mol. The van der Waals surface area contributed by atoms with Crippen LogP contribution in [0.2, 0.25) is 0 Å². The zero-order valence-electron chi connectivity index (χ0n) is 8.02. The van der Waals surface area contributed by atoms with Crippen LogP contribution < -0.4 is 0 Å². The minimum atomic E-state index is -0.304. The Morgan fingerprint density at radius 2 is 2.27 bits per heavy atom. The van der Waals surface area contributed by atoms with E-state index in [0.717, 1.165) is 11.3 Å². The monoisotopic (exact) mass is 226 g/mol. The van der Waals surface area contributed by atoms with Gasteiger partial charge in [0.2, 0.25) is 0 Å². The molecule has 0 atom stereocenters. The van der Waals surface area contributed by atoms with Gasteiger partial charge < -0.3 is 9.67 Å². The zero-order valence-corrected chi connectivity index (χ0v) is 8.91. The molecule has 15 heavy (non-hydrogen) atoms. The fourth-order valence-corrected chi connectivity index (χ4v) is 1.86. The molecule has 5 heteroatoms. The molecule has 3 nitrogen and oxygen atoms in total. The van der Waals surface area contributed by atoms with E-state index in [1.165, 1.54) is 12.1 Å². The summed E-state index contributed by atoms with van der Waals surface area (Å²) in [5, 5.41) is 8.92. The second-order valence-corrected chi connectivity index (χ2v) is 3.51. The SMILES string of the molecule is OCCn1c(CS)nc2cc(F)ccc21. The van der Waals surface area contributed by atoms with Gasteiger partial charge in [-0.25, -0.2) is 9.37 Å². The van der Waals surface area contributed by atoms with E-state index < -0.39 is 0 Å². The molecule has 1 N–H and O–H groups in total. The Kier molecular flexibility index (Phi) is 2.93. The first-order chi connectivity index (χ1) is 7.26. The van der Waals surface area contributed by atoms with Crippen LogP contribution in [0.15, 0.2) is 18.2 Å². The van der Waals surface area contributed by atoms with Gasteiger partial charge in [0.25, 0.3) is 0 Å². The lowest BCUT2D eigenvalue weighted by molar-refractivity contribution is 0.276. The lowest BCUT2D eigenvalue weighted by atomic mass is 10.3. The summed E-state index contributed by atoms with van der Waals surface area (Å²) in [7, 11) is 0. The van der Waals surface area contributed by atoms with Crippen LogP contribution in [0.25, 0.3) is 11.0 Å². The second kappa shape index (κ2) is 4.20. The molecule has 2 rings (SSSR count). The Hall–Kier alpha value is -1.07. The summed E-state index contributed by atoms with van der Waals surface area (Å²) in [5.74, 6) is 0.908. The molecule has 0 saturated heterocycles. The molecule has 80 valence electrons. The Labute approximate surface area is 92.0 Å². The second-order valence-electron chi connectivity index (χ2n) is 3.19. The molecular weight excluding hydrogens is 215 g/mol. The third-order valence-electron chi connectivity index (χ3n) is 2.25. The van der Waals surface area contributed by atoms with E-state index in [0.29, 0.717) is 17.8 Å². The number of aromatic nitrogens is 2. The number of fused-ring (bicyclic) bond motifs is 1. The highest BCUT2D eigenvalue weighted by Crippen LogP contribution is 2.18. The van der Waals surface area contributed by atoms with Crippen molar-refractivity contribution in [1.29, 1.82) is 0 Å². The highest BCUT2D eigenvalue weighted by atomic mass is 32.1. The molecule has 0 aliphatic rings. The Morgan fingerprint density at radius 3 is 2.93 bits per heavy atom. The summed E-state index contributed by atoms with van der Waals surface area (Å²) in [6.45, 7) is 0.488. The maximum atomic E-state index is 12.9. The molecule has 1 aromatic heterocycles. The van der Waals surface area contributed by atoms with E-state index in [1.807, 2.05) is 4.57 Å². The van der Waals surface area contributed by atoms with Crippen molar-refractivity contribution in [3.63, 3.8) is 0 Å². The first kappa shape index (κ1) is 10.4. The highest BCUT2D eigenvalue weighted by Gasteiger charge is 2.09. The van der Waals surface area contributed by atoms with Crippen molar-refractivity contribution >= 4 is 23.7 Å². The summed E-state index contributed by atoms with van der Waals surface area (Å²) in [6.07, 6.45) is 0. The fraction of sp³-hybridized carbons (Fsp3) is 0.300. The van der Waals surface area contributed by atoms with Gasteiger partial charge in [0, 0.05) is 18.4 Å². The molecule has 0 unspecified atom stereocenters. The van der Waals surface area contributed by atoms with E-state index in [2.05, 4.69) is 17.6 Å². The number of aliphatic hydroxyl groups is 1. The predicted octanol–water partition coefficient (Wildman–Crippen LogP) is 1.60. The van der Waals surface area contributed by atoms with Crippen LogP contribution in [-0.4, -0.2) is 21.3 Å². The van der Waals surface area contributed by atoms with Gasteiger partial charge in [-0.1, -0.05) is 0 Å². The van der Waals surface area contributed by atoms with Gasteiger partial charge in [0.05, 0.1) is 17.6 Å². The first-order valence-corrected chi connectivity index (χ1v) is 5.26. The zero-order chi connectivity index (χ0) is 10.8. The van der Waals surface area contributed by atoms with Crippen molar-refractivity contribution in [3.05, 3.63) is 29.8 Å². The number of aliphatic hydroxyl groups excluding tert-OH is 1. The number of hydrogen-bond donors (Lipinski definition) is 2. The number of benzene rings is 1. The van der Waals surface area contributed by atoms with Crippen molar-refractivity contribution in [2.45, 2.75) is 12.3 Å². The number of imidazole rings is 1. The molecule has 0 saturated carbocycles. The minimum absolute atomic E-state index is 0.0314. The summed E-state index contributed by atoms with van der Waals surface area (Å²) >= 11 is 4.15. The van der Waals surface area contributed by atoms with E-state index in [1.54, 1.807) is 6.07 Å². The summed E-state index contributed by atoms with van der Waals surface area (Å²) < 4.78 is 14.8. The van der Waals surface area contributed by atoms with Gasteiger partial charge in [-0.05, 0) is 12.1 Å². The molecule has 0 radical (unpaired) electrons. The van der Waals surface area contributed by atoms with Crippen molar-refractivity contribution in [1.82, 2.24) is 9.55 Å². The number of nitrogens with zero attached hydrogens (tertiary/aromatic N) is 2. The standard InChI is InChI=1S/C10H11FN2OS/c11-7-1-2-9-8(5-7)12-10(6-15)13(9)3-4-14/h1-2,5,14-15H,3-4,6H2. The van der Waals surface area contributed by atoms with Crippen LogP contribution in [0.1, 0.15) is 5.82 Å². The van der Waals surface area contributed by atoms with Gasteiger partial charge in [0.1, 0.15) is 11.6 Å². The lowest BCUT2D eigenvalue weighted by Crippen LogP contribution is -2.05. The molecule has 0 fully saturated rings. The van der Waals surface area contributed by atoms with Crippen LogP contribution in [0.5, 0.6) is 0 Å². The molecule has 0 aliphatic heterocycles. The largest absolute Gasteiger partial charge is 0.395 e. The van der Waals surface area contributed by atoms with E-state index in [-0.39, 0.29) is 12.4 Å². The normalized spacial score (nSPS) is 11.1. The number of hydrogen-bond acceptors (Lipinski definition) is 3. The average molecular weight is 226 g/mol. The van der Waals surface area contributed by atoms with Crippen LogP contribution in [0.4, 0.5) is 4.39 Å². The number of halogens is 1. The molecule has 1 aromatic carbocycles. The van der Waals surface area contributed by atoms with Crippen molar-refractivity contribution in [2.24, 2.45) is 0 Å². The van der Waals surface area contributed by atoms with Gasteiger partial charge >= 0.3 is 0 Å². The Bertz CT molecular complexity index is 483. The smallest absolute Gasteiger partial charge is 0.125 e. The summed E-state index contributed by atoms with van der Waals surface area (Å²) in [5.41, 5.74) is 1.43. The third kappa shape index (κ3) is 1.85. The molecule has 2 aromatic rings. The van der Waals surface area contributed by atoms with Crippen molar-refractivity contribution in [2.75, 3.05) is 6.61 Å². The quantitative estimate of drug-likeness (QED) is 0.780. The van der Waals surface area contributed by atoms with Crippen LogP contribution in [-0.2, 0) is 12.3 Å². The molecule has 0 aliphatic carbocycles. The van der Waals surface area contributed by atoms with Gasteiger partial charge in [-0.3, -0.25) is 0 Å². The van der Waals surface area contributed by atoms with Crippen molar-refractivity contribution in [3.8, 4) is 0 Å². The van der Waals surface area contributed by atoms with E-state index >= 15 is 0 Å². The maximum absolute atomic E-state index is 12.9. The minimum Gasteiger partial charge on any atom is -0.395 e. The maximum Gasteiger partial charge on any atom is 0.125 e. The Morgan fingerprint density at radius 1 is 1.47 bits per heavy atom. The van der Waals surface area contributed by atoms with Crippen LogP contribution >= 0.6 is 12.6 Å². The van der Waals surface area contributed by atoms with Crippen LogP contribution in [0, 0.1) is 5.82 Å². The van der Waals surface area contributed by atoms with Gasteiger partial charge in [-0.15, -0.1) is 0 Å². The Balaban J connectivity index is 2.63. The average Bonchev–Trinajstić information content (AvgIpc) is 2.56. The first-order valence-electron chi connectivity index (χ1n) is 4.62. The third-order valence-corrected chi connectivity index (χ3v) is 2.54. The van der Waals surface area contributed by atoms with Crippen LogP contribution in [0.3, 0.4) is 0 Å². The van der Waals surface area contributed by atoms with Gasteiger partial charge in [-0.2, -0.15) is 12.6 Å². The topological polar surface area (TPSA) is 38.0 Å². The summed E-state index contributed by atoms with van der Waals surface area (Å²) in [6, 6.07) is 4.44. The fourth-order valence-electron chi connectivity index (χ4n) is 1.62. The number of thiol groups is 1. The van der Waals surface area contributed by atoms with Gasteiger partial charge in [0.15, 0.2) is 0 Å². The summed E-state index contributed by atoms with van der Waals surface area (Å²) in [4.78, 5) is 4.25. The van der Waals surface area contributed by atoms with E-state index in [4.69, 9.17) is 5.11 Å². The highest BCUT2D eigenvalue weighted by molar-refractivity contribution is 7.79. The molecule has 0 bridgehead atoms.